The zero-order chi connectivity index (χ0) is 16.0. The summed E-state index contributed by atoms with van der Waals surface area (Å²) >= 11 is 0. The van der Waals surface area contributed by atoms with E-state index < -0.39 is 11.7 Å². The number of hydrogen-bond acceptors (Lipinski definition) is 3. The molecule has 0 aliphatic carbocycles. The van der Waals surface area contributed by atoms with Crippen molar-refractivity contribution in [2.45, 2.75) is 12.6 Å². The fourth-order valence-electron chi connectivity index (χ4n) is 1.82. The fourth-order valence-corrected chi connectivity index (χ4v) is 1.82. The van der Waals surface area contributed by atoms with E-state index in [2.05, 4.69) is 0 Å². The minimum atomic E-state index is -4.42. The summed E-state index contributed by atoms with van der Waals surface area (Å²) in [6.07, 6.45) is -3.95. The number of nitrogen functional groups attached to an aromatic ring is 1. The van der Waals surface area contributed by atoms with Crippen molar-refractivity contribution in [1.82, 2.24) is 0 Å². The van der Waals surface area contributed by atoms with E-state index in [0.717, 1.165) is 6.07 Å². The fraction of sp³-hybridized carbons (Fsp3) is 0.250. The summed E-state index contributed by atoms with van der Waals surface area (Å²) < 4.78 is 48.9. The third-order valence-electron chi connectivity index (χ3n) is 2.89. The number of nitrogens with two attached hydrogens (primary N) is 1. The van der Waals surface area contributed by atoms with Crippen LogP contribution in [-0.2, 0) is 6.18 Å². The predicted molar refractivity (Wildman–Crippen MR) is 77.9 cm³/mol. The van der Waals surface area contributed by atoms with Crippen LogP contribution < -0.4 is 15.2 Å². The van der Waals surface area contributed by atoms with Crippen LogP contribution in [0.1, 0.15) is 12.0 Å². The van der Waals surface area contributed by atoms with Crippen LogP contribution in [0.5, 0.6) is 11.5 Å². The first kappa shape index (κ1) is 16.0. The molecule has 0 amide bonds. The maximum Gasteiger partial charge on any atom is 0.419 e. The lowest BCUT2D eigenvalue weighted by molar-refractivity contribution is -0.138. The Morgan fingerprint density at radius 2 is 1.50 bits per heavy atom. The Morgan fingerprint density at radius 1 is 0.864 bits per heavy atom. The average molecular weight is 311 g/mol. The van der Waals surface area contributed by atoms with Crippen molar-refractivity contribution < 1.29 is 22.6 Å². The summed E-state index contributed by atoms with van der Waals surface area (Å²) in [5.74, 6) is 0.493. The quantitative estimate of drug-likeness (QED) is 0.644. The summed E-state index contributed by atoms with van der Waals surface area (Å²) in [4.78, 5) is 0. The van der Waals surface area contributed by atoms with Crippen molar-refractivity contribution in [3.63, 3.8) is 0 Å². The van der Waals surface area contributed by atoms with Gasteiger partial charge in [-0.3, -0.25) is 0 Å². The second-order valence-electron chi connectivity index (χ2n) is 4.61. The highest BCUT2D eigenvalue weighted by molar-refractivity contribution is 5.41. The Hall–Kier alpha value is -2.37. The van der Waals surface area contributed by atoms with Gasteiger partial charge >= 0.3 is 6.18 Å². The van der Waals surface area contributed by atoms with E-state index in [0.29, 0.717) is 24.5 Å². The number of alkyl halides is 3. The first-order chi connectivity index (χ1) is 10.5. The average Bonchev–Trinajstić information content (AvgIpc) is 2.48. The van der Waals surface area contributed by atoms with E-state index in [1.165, 1.54) is 18.2 Å². The van der Waals surface area contributed by atoms with Gasteiger partial charge in [-0.2, -0.15) is 13.2 Å². The van der Waals surface area contributed by atoms with E-state index in [-0.39, 0.29) is 12.4 Å². The Labute approximate surface area is 126 Å². The third kappa shape index (κ3) is 4.58. The molecule has 0 spiro atoms. The summed E-state index contributed by atoms with van der Waals surface area (Å²) in [6.45, 7) is 0.486. The molecule has 118 valence electrons. The molecule has 2 N–H and O–H groups in total. The summed E-state index contributed by atoms with van der Waals surface area (Å²) in [5, 5.41) is 0. The minimum Gasteiger partial charge on any atom is -0.493 e. The van der Waals surface area contributed by atoms with Crippen LogP contribution in [0, 0.1) is 0 Å². The number of rotatable bonds is 6. The molecule has 2 aromatic rings. The van der Waals surface area contributed by atoms with Crippen molar-refractivity contribution in [2.75, 3.05) is 18.9 Å². The lowest BCUT2D eigenvalue weighted by Gasteiger charge is -2.13. The first-order valence-corrected chi connectivity index (χ1v) is 6.74. The Kier molecular flexibility index (Phi) is 5.14. The lowest BCUT2D eigenvalue weighted by atomic mass is 10.2. The summed E-state index contributed by atoms with van der Waals surface area (Å²) in [5.41, 5.74) is 5.42. The van der Waals surface area contributed by atoms with Gasteiger partial charge in [-0.1, -0.05) is 12.1 Å². The lowest BCUT2D eigenvalue weighted by Crippen LogP contribution is -2.10. The van der Waals surface area contributed by atoms with Crippen LogP contribution in [0.15, 0.2) is 48.5 Å². The number of ether oxygens (including phenoxy) is 2. The molecular weight excluding hydrogens is 295 g/mol. The van der Waals surface area contributed by atoms with Crippen LogP contribution in [-0.4, -0.2) is 13.2 Å². The maximum atomic E-state index is 12.8. The number of benzene rings is 2. The van der Waals surface area contributed by atoms with E-state index >= 15 is 0 Å². The zero-order valence-corrected chi connectivity index (χ0v) is 11.8. The zero-order valence-electron chi connectivity index (χ0n) is 11.8. The largest absolute Gasteiger partial charge is 0.493 e. The molecule has 3 nitrogen and oxygen atoms in total. The van der Waals surface area contributed by atoms with Gasteiger partial charge in [-0.15, -0.1) is 0 Å². The summed E-state index contributed by atoms with van der Waals surface area (Å²) in [6, 6.07) is 12.0. The molecule has 0 saturated carbocycles. The van der Waals surface area contributed by atoms with E-state index in [4.69, 9.17) is 15.2 Å². The molecule has 0 radical (unpaired) electrons. The Morgan fingerprint density at radius 3 is 2.18 bits per heavy atom. The van der Waals surface area contributed by atoms with Crippen LogP contribution in [0.4, 0.5) is 18.9 Å². The second kappa shape index (κ2) is 7.06. The minimum absolute atomic E-state index is 0.141. The van der Waals surface area contributed by atoms with Gasteiger partial charge in [0.1, 0.15) is 11.5 Å². The van der Waals surface area contributed by atoms with Gasteiger partial charge < -0.3 is 15.2 Å². The van der Waals surface area contributed by atoms with Gasteiger partial charge in [0.05, 0.1) is 18.8 Å². The van der Waals surface area contributed by atoms with Gasteiger partial charge in [0.2, 0.25) is 0 Å². The standard InChI is InChI=1S/C16H16F3NO2/c17-16(18,19)14-4-1-2-5-15(14)22-11-3-10-21-13-8-6-12(20)7-9-13/h1-2,4-9H,3,10-11,20H2. The van der Waals surface area contributed by atoms with Crippen LogP contribution in [0.25, 0.3) is 0 Å². The van der Waals surface area contributed by atoms with Gasteiger partial charge in [0.15, 0.2) is 0 Å². The number of para-hydroxylation sites is 1. The molecule has 2 rings (SSSR count). The number of hydrogen-bond donors (Lipinski definition) is 1. The van der Waals surface area contributed by atoms with Crippen molar-refractivity contribution >= 4 is 5.69 Å². The molecule has 0 bridgehead atoms. The van der Waals surface area contributed by atoms with Crippen LogP contribution in [0.2, 0.25) is 0 Å². The van der Waals surface area contributed by atoms with E-state index in [1.807, 2.05) is 0 Å². The van der Waals surface area contributed by atoms with Crippen LogP contribution in [0.3, 0.4) is 0 Å². The van der Waals surface area contributed by atoms with E-state index in [9.17, 15) is 13.2 Å². The first-order valence-electron chi connectivity index (χ1n) is 6.74. The van der Waals surface area contributed by atoms with Crippen molar-refractivity contribution in [1.29, 1.82) is 0 Å². The topological polar surface area (TPSA) is 44.5 Å². The number of anilines is 1. The SMILES string of the molecule is Nc1ccc(OCCCOc2ccccc2C(F)(F)F)cc1. The predicted octanol–water partition coefficient (Wildman–Crippen LogP) is 4.14. The molecule has 0 aliphatic heterocycles. The Balaban J connectivity index is 1.79. The third-order valence-corrected chi connectivity index (χ3v) is 2.89. The monoisotopic (exact) mass is 311 g/mol. The molecule has 0 atom stereocenters. The molecular formula is C16H16F3NO2. The summed E-state index contributed by atoms with van der Waals surface area (Å²) in [7, 11) is 0. The van der Waals surface area contributed by atoms with E-state index in [1.54, 1.807) is 24.3 Å². The molecule has 0 aromatic heterocycles. The Bertz CT molecular complexity index is 597. The highest BCUT2D eigenvalue weighted by Gasteiger charge is 2.33. The highest BCUT2D eigenvalue weighted by Crippen LogP contribution is 2.35. The van der Waals surface area contributed by atoms with Crippen molar-refractivity contribution in [2.24, 2.45) is 0 Å². The molecule has 0 aliphatic rings. The molecule has 0 unspecified atom stereocenters. The molecule has 0 fully saturated rings. The van der Waals surface area contributed by atoms with Crippen LogP contribution >= 0.6 is 0 Å². The molecule has 2 aromatic carbocycles. The molecule has 22 heavy (non-hydrogen) atoms. The second-order valence-corrected chi connectivity index (χ2v) is 4.61. The maximum absolute atomic E-state index is 12.8. The normalized spacial score (nSPS) is 11.2. The van der Waals surface area contributed by atoms with Gasteiger partial charge in [-0.25, -0.2) is 0 Å². The molecule has 0 heterocycles. The number of halogens is 3. The smallest absolute Gasteiger partial charge is 0.419 e. The van der Waals surface area contributed by atoms with Crippen molar-refractivity contribution in [3.05, 3.63) is 54.1 Å². The van der Waals surface area contributed by atoms with Crippen molar-refractivity contribution in [3.8, 4) is 11.5 Å². The molecule has 0 saturated heterocycles. The van der Waals surface area contributed by atoms with Gasteiger partial charge in [0.25, 0.3) is 0 Å². The van der Waals surface area contributed by atoms with Gasteiger partial charge in [-0.05, 0) is 36.4 Å². The highest BCUT2D eigenvalue weighted by atomic mass is 19.4. The van der Waals surface area contributed by atoms with Gasteiger partial charge in [0, 0.05) is 12.1 Å². The molecule has 6 heteroatoms.